The van der Waals surface area contributed by atoms with Crippen LogP contribution >= 0.6 is 0 Å². The Balaban J connectivity index is 1.66. The fourth-order valence-corrected chi connectivity index (χ4v) is 4.86. The van der Waals surface area contributed by atoms with Crippen LogP contribution in [-0.4, -0.2) is 30.5 Å². The standard InChI is InChI=1S/C23H17FN4O6S/c1-27-19-17(21(30)28(23(27)32)11-14-4-2-13(10-25)3-5-14)35(33)18(20(29)26-19)22(31)34-12-15-6-8-16(24)9-7-15/h2-9,18H,11-12H2,1H3,(H,26,29). The molecule has 4 rings (SSSR count). The van der Waals surface area contributed by atoms with Crippen LogP contribution in [0.5, 0.6) is 0 Å². The van der Waals surface area contributed by atoms with Gasteiger partial charge in [-0.25, -0.2) is 9.18 Å². The molecule has 3 aromatic rings. The molecule has 2 unspecified atom stereocenters. The maximum absolute atomic E-state index is 13.2. The predicted octanol–water partition coefficient (Wildman–Crippen LogP) is 0.778. The molecule has 1 amide bonds. The van der Waals surface area contributed by atoms with Crippen LogP contribution < -0.4 is 16.6 Å². The van der Waals surface area contributed by atoms with Gasteiger partial charge >= 0.3 is 11.7 Å². The molecule has 2 atom stereocenters. The van der Waals surface area contributed by atoms with Gasteiger partial charge in [0.2, 0.25) is 5.25 Å². The molecule has 2 aromatic carbocycles. The van der Waals surface area contributed by atoms with Crippen molar-refractivity contribution in [2.24, 2.45) is 7.05 Å². The van der Waals surface area contributed by atoms with Gasteiger partial charge in [0, 0.05) is 7.05 Å². The number of aromatic nitrogens is 2. The van der Waals surface area contributed by atoms with E-state index >= 15 is 0 Å². The maximum atomic E-state index is 13.2. The minimum Gasteiger partial charge on any atom is -0.460 e. The van der Waals surface area contributed by atoms with E-state index in [0.29, 0.717) is 16.7 Å². The second-order valence-electron chi connectivity index (χ2n) is 7.62. The second kappa shape index (κ2) is 9.47. The molecule has 2 heterocycles. The van der Waals surface area contributed by atoms with Crippen LogP contribution in [0.2, 0.25) is 0 Å². The van der Waals surface area contributed by atoms with Gasteiger partial charge in [0.05, 0.1) is 29.0 Å². The summed E-state index contributed by atoms with van der Waals surface area (Å²) in [6.07, 6.45) is 0. The van der Waals surface area contributed by atoms with Gasteiger partial charge in [0.1, 0.15) is 23.1 Å². The van der Waals surface area contributed by atoms with Crippen molar-refractivity contribution in [3.63, 3.8) is 0 Å². The zero-order valence-corrected chi connectivity index (χ0v) is 19.0. The average Bonchev–Trinajstić information content (AvgIpc) is 2.85. The van der Waals surface area contributed by atoms with E-state index in [4.69, 9.17) is 10.00 Å². The number of carbonyl (C=O) groups excluding carboxylic acids is 2. The van der Waals surface area contributed by atoms with Crippen molar-refractivity contribution >= 4 is 28.5 Å². The third-order valence-electron chi connectivity index (χ3n) is 5.33. The van der Waals surface area contributed by atoms with Gasteiger partial charge in [0.25, 0.3) is 11.5 Å². The Morgan fingerprint density at radius 1 is 1.11 bits per heavy atom. The van der Waals surface area contributed by atoms with Gasteiger partial charge in [-0.2, -0.15) is 5.26 Å². The number of ether oxygens (including phenoxy) is 1. The molecule has 178 valence electrons. The molecule has 1 N–H and O–H groups in total. The first-order valence-corrected chi connectivity index (χ1v) is 11.4. The summed E-state index contributed by atoms with van der Waals surface area (Å²) in [5, 5.41) is 9.41. The molecular formula is C23H17FN4O6S. The molecule has 0 saturated heterocycles. The summed E-state index contributed by atoms with van der Waals surface area (Å²) in [5.41, 5.74) is -0.335. The first-order valence-electron chi connectivity index (χ1n) is 10.2. The number of hydrogen-bond donors (Lipinski definition) is 1. The molecule has 0 saturated carbocycles. The first kappa shape index (κ1) is 23.8. The van der Waals surface area contributed by atoms with Crippen molar-refractivity contribution in [1.82, 2.24) is 9.13 Å². The minimum absolute atomic E-state index is 0.185. The largest absolute Gasteiger partial charge is 0.460 e. The first-order chi connectivity index (χ1) is 16.7. The van der Waals surface area contributed by atoms with Crippen LogP contribution in [0.25, 0.3) is 0 Å². The van der Waals surface area contributed by atoms with E-state index in [-0.39, 0.29) is 19.0 Å². The summed E-state index contributed by atoms with van der Waals surface area (Å²) in [6.45, 7) is -0.488. The van der Waals surface area contributed by atoms with E-state index < -0.39 is 49.9 Å². The summed E-state index contributed by atoms with van der Waals surface area (Å²) in [7, 11) is -1.17. The Hall–Kier alpha value is -4.37. The van der Waals surface area contributed by atoms with Crippen LogP contribution in [0.1, 0.15) is 16.7 Å². The number of anilines is 1. The number of carbonyl (C=O) groups is 2. The molecule has 0 radical (unpaired) electrons. The zero-order chi connectivity index (χ0) is 25.3. The Morgan fingerprint density at radius 3 is 2.37 bits per heavy atom. The Kier molecular flexibility index (Phi) is 6.44. The van der Waals surface area contributed by atoms with Crippen LogP contribution in [-0.2, 0) is 45.3 Å². The van der Waals surface area contributed by atoms with Crippen LogP contribution in [0, 0.1) is 17.1 Å². The number of benzene rings is 2. The van der Waals surface area contributed by atoms with Gasteiger partial charge in [-0.1, -0.05) is 24.3 Å². The topological polar surface area (TPSA) is 140 Å². The van der Waals surface area contributed by atoms with Crippen molar-refractivity contribution in [2.75, 3.05) is 5.32 Å². The lowest BCUT2D eigenvalue weighted by Crippen LogP contribution is -2.50. The fourth-order valence-electron chi connectivity index (χ4n) is 3.47. The molecule has 12 heteroatoms. The highest BCUT2D eigenvalue weighted by molar-refractivity contribution is 7.87. The molecule has 0 bridgehead atoms. The van der Waals surface area contributed by atoms with E-state index in [1.807, 2.05) is 6.07 Å². The van der Waals surface area contributed by atoms with E-state index in [1.54, 1.807) is 12.1 Å². The number of nitriles is 1. The molecule has 0 fully saturated rings. The highest BCUT2D eigenvalue weighted by atomic mass is 32.2. The number of amides is 1. The van der Waals surface area contributed by atoms with Crippen molar-refractivity contribution in [3.8, 4) is 6.07 Å². The van der Waals surface area contributed by atoms with Crippen LogP contribution in [0.15, 0.2) is 63.0 Å². The van der Waals surface area contributed by atoms with Crippen LogP contribution in [0.4, 0.5) is 10.2 Å². The number of nitrogens with one attached hydrogen (secondary N) is 1. The molecule has 1 aliphatic heterocycles. The number of esters is 1. The van der Waals surface area contributed by atoms with Crippen molar-refractivity contribution in [1.29, 1.82) is 5.26 Å². The lowest BCUT2D eigenvalue weighted by molar-refractivity contribution is -0.146. The minimum atomic E-state index is -2.46. The highest BCUT2D eigenvalue weighted by Crippen LogP contribution is 2.24. The van der Waals surface area contributed by atoms with E-state index in [9.17, 15) is 27.8 Å². The van der Waals surface area contributed by atoms with Crippen molar-refractivity contribution < 1.29 is 22.9 Å². The van der Waals surface area contributed by atoms with Gasteiger partial charge in [-0.05, 0) is 35.4 Å². The quantitative estimate of drug-likeness (QED) is 0.407. The normalized spacial score (nSPS) is 16.7. The summed E-state index contributed by atoms with van der Waals surface area (Å²) in [4.78, 5) is 50.8. The van der Waals surface area contributed by atoms with Crippen molar-refractivity contribution in [3.05, 3.63) is 91.9 Å². The zero-order valence-electron chi connectivity index (χ0n) is 18.2. The number of rotatable bonds is 5. The molecular weight excluding hydrogens is 479 g/mol. The predicted molar refractivity (Wildman–Crippen MR) is 121 cm³/mol. The summed E-state index contributed by atoms with van der Waals surface area (Å²) < 4.78 is 33.2. The van der Waals surface area contributed by atoms with Crippen LogP contribution in [0.3, 0.4) is 0 Å². The summed E-state index contributed by atoms with van der Waals surface area (Å²) in [5.74, 6) is -2.86. The summed E-state index contributed by atoms with van der Waals surface area (Å²) >= 11 is 0. The van der Waals surface area contributed by atoms with Gasteiger partial charge in [0.15, 0.2) is 0 Å². The van der Waals surface area contributed by atoms with Gasteiger partial charge < -0.3 is 10.1 Å². The lowest BCUT2D eigenvalue weighted by atomic mass is 10.1. The van der Waals surface area contributed by atoms with E-state index in [1.165, 1.54) is 43.4 Å². The van der Waals surface area contributed by atoms with Crippen molar-refractivity contribution in [2.45, 2.75) is 23.3 Å². The molecule has 1 aromatic heterocycles. The third-order valence-corrected chi connectivity index (χ3v) is 6.94. The smallest absolute Gasteiger partial charge is 0.332 e. The Bertz CT molecular complexity index is 1520. The second-order valence-corrected chi connectivity index (χ2v) is 9.09. The lowest BCUT2D eigenvalue weighted by Gasteiger charge is -2.24. The number of nitrogens with zero attached hydrogens (tertiary/aromatic N) is 3. The van der Waals surface area contributed by atoms with Gasteiger partial charge in [-0.3, -0.25) is 27.7 Å². The fraction of sp³-hybridized carbons (Fsp3) is 0.174. The maximum Gasteiger partial charge on any atom is 0.332 e. The number of fused-ring (bicyclic) bond motifs is 1. The molecule has 0 spiro atoms. The molecule has 1 aliphatic rings. The monoisotopic (exact) mass is 496 g/mol. The summed E-state index contributed by atoms with van der Waals surface area (Å²) in [6, 6.07) is 13.2. The SMILES string of the molecule is Cn1c2c(c(=O)n(Cc3ccc(C#N)cc3)c1=O)S(=O)C(C(=O)OCc1ccc(F)cc1)C(=O)N2. The Morgan fingerprint density at radius 2 is 1.74 bits per heavy atom. The van der Waals surface area contributed by atoms with E-state index in [2.05, 4.69) is 5.32 Å². The Labute approximate surface area is 199 Å². The molecule has 0 aliphatic carbocycles. The van der Waals surface area contributed by atoms with Gasteiger partial charge in [-0.15, -0.1) is 0 Å². The molecule has 10 nitrogen and oxygen atoms in total. The average molecular weight is 496 g/mol. The van der Waals surface area contributed by atoms with E-state index in [0.717, 1.165) is 9.13 Å². The highest BCUT2D eigenvalue weighted by Gasteiger charge is 2.43. The molecule has 35 heavy (non-hydrogen) atoms. The number of halogens is 1. The third kappa shape index (κ3) is 4.53. The number of hydrogen-bond acceptors (Lipinski definition) is 7.